The highest BCUT2D eigenvalue weighted by Gasteiger charge is 2.37. The molecule has 1 saturated carbocycles. The third-order valence-corrected chi connectivity index (χ3v) is 5.04. The average molecular weight is 260 g/mol. The van der Waals surface area contributed by atoms with Gasteiger partial charge in [0, 0.05) is 11.5 Å². The summed E-state index contributed by atoms with van der Waals surface area (Å²) in [6, 6.07) is 11.3. The molecule has 1 aliphatic rings. The van der Waals surface area contributed by atoms with Gasteiger partial charge in [-0.25, -0.2) is 0 Å². The van der Waals surface area contributed by atoms with E-state index >= 15 is 0 Å². The summed E-state index contributed by atoms with van der Waals surface area (Å²) in [4.78, 5) is 0. The summed E-state index contributed by atoms with van der Waals surface area (Å²) in [6.07, 6.45) is 7.63. The van der Waals surface area contributed by atoms with Crippen molar-refractivity contribution < 1.29 is 0 Å². The second-order valence-corrected chi connectivity index (χ2v) is 5.97. The van der Waals surface area contributed by atoms with Gasteiger partial charge in [0.1, 0.15) is 0 Å². The summed E-state index contributed by atoms with van der Waals surface area (Å²) in [7, 11) is 0. The van der Waals surface area contributed by atoms with Gasteiger partial charge in [-0.15, -0.1) is 0 Å². The molecule has 0 aliphatic heterocycles. The molecule has 0 aromatic heterocycles. The van der Waals surface area contributed by atoms with Crippen LogP contribution < -0.4 is 11.3 Å². The number of benzene rings is 1. The molecule has 1 aromatic carbocycles. The molecule has 19 heavy (non-hydrogen) atoms. The van der Waals surface area contributed by atoms with Crippen LogP contribution in [0.15, 0.2) is 30.3 Å². The van der Waals surface area contributed by atoms with Crippen molar-refractivity contribution in [1.29, 1.82) is 0 Å². The molecule has 1 atom stereocenters. The van der Waals surface area contributed by atoms with Crippen LogP contribution in [0.5, 0.6) is 0 Å². The lowest BCUT2D eigenvalue weighted by Crippen LogP contribution is -2.51. The van der Waals surface area contributed by atoms with Crippen LogP contribution in [0.1, 0.15) is 57.9 Å². The van der Waals surface area contributed by atoms with Crippen molar-refractivity contribution >= 4 is 0 Å². The van der Waals surface area contributed by atoms with Crippen LogP contribution in [0, 0.1) is 5.92 Å². The van der Waals surface area contributed by atoms with Crippen molar-refractivity contribution in [2.75, 3.05) is 0 Å². The number of rotatable bonds is 8. The summed E-state index contributed by atoms with van der Waals surface area (Å²) >= 11 is 0. The van der Waals surface area contributed by atoms with Gasteiger partial charge in [-0.1, -0.05) is 57.0 Å². The Hall–Kier alpha value is -0.860. The maximum atomic E-state index is 5.90. The van der Waals surface area contributed by atoms with E-state index in [2.05, 4.69) is 49.6 Å². The van der Waals surface area contributed by atoms with Gasteiger partial charge in [0.2, 0.25) is 0 Å². The lowest BCUT2D eigenvalue weighted by Gasteiger charge is -2.40. The Balaban J connectivity index is 2.19. The molecule has 0 radical (unpaired) electrons. The smallest absolute Gasteiger partial charge is 0.0307 e. The van der Waals surface area contributed by atoms with E-state index < -0.39 is 0 Å². The molecule has 1 unspecified atom stereocenters. The van der Waals surface area contributed by atoms with Gasteiger partial charge in [0.05, 0.1) is 0 Å². The molecule has 0 heterocycles. The van der Waals surface area contributed by atoms with Crippen LogP contribution in [0.3, 0.4) is 0 Å². The minimum Gasteiger partial charge on any atom is -0.271 e. The van der Waals surface area contributed by atoms with Gasteiger partial charge in [-0.2, -0.15) is 0 Å². The zero-order chi connectivity index (χ0) is 13.7. The molecule has 106 valence electrons. The van der Waals surface area contributed by atoms with E-state index in [0.29, 0.717) is 6.04 Å². The highest BCUT2D eigenvalue weighted by molar-refractivity contribution is 5.27. The van der Waals surface area contributed by atoms with E-state index in [1.54, 1.807) is 0 Å². The first-order chi connectivity index (χ1) is 9.26. The third-order valence-electron chi connectivity index (χ3n) is 5.04. The monoisotopic (exact) mass is 260 g/mol. The van der Waals surface area contributed by atoms with E-state index in [1.807, 2.05) is 0 Å². The molecule has 1 aromatic rings. The van der Waals surface area contributed by atoms with E-state index in [0.717, 1.165) is 18.8 Å². The van der Waals surface area contributed by atoms with Crippen molar-refractivity contribution in [3.8, 4) is 0 Å². The third kappa shape index (κ3) is 3.18. The largest absolute Gasteiger partial charge is 0.271 e. The van der Waals surface area contributed by atoms with Gasteiger partial charge in [-0.3, -0.25) is 11.3 Å². The zero-order valence-electron chi connectivity index (χ0n) is 12.4. The number of nitrogens with two attached hydrogens (primary N) is 1. The molecule has 0 saturated heterocycles. The number of nitrogens with one attached hydrogen (secondary N) is 1. The lowest BCUT2D eigenvalue weighted by atomic mass is 9.69. The maximum absolute atomic E-state index is 5.90. The van der Waals surface area contributed by atoms with Crippen molar-refractivity contribution in [2.24, 2.45) is 11.8 Å². The molecular formula is C17H28N2. The van der Waals surface area contributed by atoms with Crippen molar-refractivity contribution in [1.82, 2.24) is 5.43 Å². The Bertz CT molecular complexity index is 366. The summed E-state index contributed by atoms with van der Waals surface area (Å²) < 4.78 is 0. The van der Waals surface area contributed by atoms with Crippen molar-refractivity contribution in [3.05, 3.63) is 35.9 Å². The second-order valence-electron chi connectivity index (χ2n) is 5.97. The van der Waals surface area contributed by atoms with E-state index in [-0.39, 0.29) is 5.41 Å². The van der Waals surface area contributed by atoms with Gasteiger partial charge in [-0.05, 0) is 37.2 Å². The predicted molar refractivity (Wildman–Crippen MR) is 81.8 cm³/mol. The Morgan fingerprint density at radius 2 is 1.84 bits per heavy atom. The number of hydrogen-bond acceptors (Lipinski definition) is 2. The predicted octanol–water partition coefficient (Wildman–Crippen LogP) is 3.77. The van der Waals surface area contributed by atoms with E-state index in [9.17, 15) is 0 Å². The Morgan fingerprint density at radius 1 is 1.21 bits per heavy atom. The molecule has 2 nitrogen and oxygen atoms in total. The first-order valence-corrected chi connectivity index (χ1v) is 7.78. The van der Waals surface area contributed by atoms with E-state index in [4.69, 9.17) is 5.84 Å². The Labute approximate surface area is 117 Å². The van der Waals surface area contributed by atoms with Gasteiger partial charge in [0.15, 0.2) is 0 Å². The highest BCUT2D eigenvalue weighted by Crippen LogP contribution is 2.40. The minimum absolute atomic E-state index is 0.172. The lowest BCUT2D eigenvalue weighted by molar-refractivity contribution is 0.253. The van der Waals surface area contributed by atoms with Crippen molar-refractivity contribution in [3.63, 3.8) is 0 Å². The summed E-state index contributed by atoms with van der Waals surface area (Å²) in [6.45, 7) is 4.58. The van der Waals surface area contributed by atoms with E-state index in [1.165, 1.54) is 31.2 Å². The first-order valence-electron chi connectivity index (χ1n) is 7.78. The van der Waals surface area contributed by atoms with Crippen molar-refractivity contribution in [2.45, 2.75) is 63.8 Å². The molecule has 2 heteroatoms. The van der Waals surface area contributed by atoms with Crippen LogP contribution in [0.4, 0.5) is 0 Å². The highest BCUT2D eigenvalue weighted by atomic mass is 15.2. The minimum atomic E-state index is 0.172. The average Bonchev–Trinajstić information content (AvgIpc) is 3.29. The maximum Gasteiger partial charge on any atom is 0.0307 e. The number of hydrogen-bond donors (Lipinski definition) is 2. The van der Waals surface area contributed by atoms with Gasteiger partial charge >= 0.3 is 0 Å². The van der Waals surface area contributed by atoms with Crippen LogP contribution in [-0.4, -0.2) is 6.04 Å². The summed E-state index contributed by atoms with van der Waals surface area (Å²) in [5.41, 5.74) is 4.73. The molecule has 3 N–H and O–H groups in total. The topological polar surface area (TPSA) is 38.0 Å². The summed E-state index contributed by atoms with van der Waals surface area (Å²) in [5.74, 6) is 6.87. The van der Waals surface area contributed by atoms with Crippen LogP contribution in [0.25, 0.3) is 0 Å². The Morgan fingerprint density at radius 3 is 2.32 bits per heavy atom. The first kappa shape index (κ1) is 14.5. The Kier molecular flexibility index (Phi) is 5.00. The van der Waals surface area contributed by atoms with Crippen LogP contribution in [0.2, 0.25) is 0 Å². The van der Waals surface area contributed by atoms with Gasteiger partial charge in [0.25, 0.3) is 0 Å². The number of hydrazine groups is 1. The normalized spacial score (nSPS) is 17.4. The molecule has 2 rings (SSSR count). The molecule has 1 aliphatic carbocycles. The molecule has 1 fully saturated rings. The quantitative estimate of drug-likeness (QED) is 0.551. The molecule has 0 bridgehead atoms. The molecule has 0 spiro atoms. The van der Waals surface area contributed by atoms with Crippen LogP contribution >= 0.6 is 0 Å². The fourth-order valence-corrected chi connectivity index (χ4v) is 3.45. The zero-order valence-corrected chi connectivity index (χ0v) is 12.4. The summed E-state index contributed by atoms with van der Waals surface area (Å²) in [5, 5.41) is 0. The molecular weight excluding hydrogens is 232 g/mol. The van der Waals surface area contributed by atoms with Gasteiger partial charge < -0.3 is 0 Å². The fraction of sp³-hybridized carbons (Fsp3) is 0.647. The fourth-order valence-electron chi connectivity index (χ4n) is 3.45. The second kappa shape index (κ2) is 6.53. The molecule has 0 amide bonds. The SMILES string of the molecule is CCC(CC)(c1ccccc1)C(CCC1CC1)NN. The standard InChI is InChI=1S/C17H28N2/c1-3-17(4-2,15-8-6-5-7-9-15)16(19-18)13-12-14-10-11-14/h5-9,14,16,19H,3-4,10-13,18H2,1-2H3. The van der Waals surface area contributed by atoms with Crippen LogP contribution in [-0.2, 0) is 5.41 Å².